The Labute approximate surface area is 124 Å². The van der Waals surface area contributed by atoms with E-state index in [0.717, 1.165) is 12.1 Å². The van der Waals surface area contributed by atoms with Gasteiger partial charge in [-0.25, -0.2) is 8.78 Å². The second-order valence-corrected chi connectivity index (χ2v) is 4.67. The summed E-state index contributed by atoms with van der Waals surface area (Å²) in [6.45, 7) is -1.20. The van der Waals surface area contributed by atoms with Crippen molar-refractivity contribution >= 4 is 5.91 Å². The van der Waals surface area contributed by atoms with Crippen LogP contribution in [0.1, 0.15) is 5.56 Å². The molecule has 6 N–H and O–H groups in total. The number of aliphatic hydroxyl groups excluding tert-OH is 5. The van der Waals surface area contributed by atoms with Gasteiger partial charge in [0.2, 0.25) is 0 Å². The fourth-order valence-electron chi connectivity index (χ4n) is 1.68. The second kappa shape index (κ2) is 8.11. The van der Waals surface area contributed by atoms with Gasteiger partial charge in [0.25, 0.3) is 5.91 Å². The summed E-state index contributed by atoms with van der Waals surface area (Å²) in [5, 5.41) is 48.2. The first-order chi connectivity index (χ1) is 10.3. The molecule has 9 heteroatoms. The number of nitrogens with one attached hydrogen (secondary N) is 1. The van der Waals surface area contributed by atoms with Gasteiger partial charge in [-0.2, -0.15) is 0 Å². The summed E-state index contributed by atoms with van der Waals surface area (Å²) < 4.78 is 25.9. The summed E-state index contributed by atoms with van der Waals surface area (Å²) in [7, 11) is 0. The Balaban J connectivity index is 2.60. The molecule has 0 unspecified atom stereocenters. The highest BCUT2D eigenvalue weighted by Crippen LogP contribution is 2.09. The minimum atomic E-state index is -2.10. The van der Waals surface area contributed by atoms with E-state index < -0.39 is 48.6 Å². The molecule has 0 saturated heterocycles. The van der Waals surface area contributed by atoms with Crippen molar-refractivity contribution in [2.24, 2.45) is 0 Å². The van der Waals surface area contributed by atoms with Gasteiger partial charge < -0.3 is 30.8 Å². The van der Waals surface area contributed by atoms with E-state index in [0.29, 0.717) is 6.07 Å². The van der Waals surface area contributed by atoms with Crippen LogP contribution in [0.4, 0.5) is 8.78 Å². The molecule has 0 aliphatic rings. The molecule has 0 saturated carbocycles. The van der Waals surface area contributed by atoms with Crippen LogP contribution in [0.2, 0.25) is 0 Å². The minimum Gasteiger partial charge on any atom is -0.394 e. The van der Waals surface area contributed by atoms with Gasteiger partial charge in [-0.05, 0) is 17.7 Å². The molecule has 0 fully saturated rings. The van der Waals surface area contributed by atoms with Crippen molar-refractivity contribution in [3.63, 3.8) is 0 Å². The highest BCUT2D eigenvalue weighted by Gasteiger charge is 2.33. The van der Waals surface area contributed by atoms with Crippen LogP contribution in [0.3, 0.4) is 0 Å². The van der Waals surface area contributed by atoms with Crippen molar-refractivity contribution in [3.05, 3.63) is 35.4 Å². The maximum Gasteiger partial charge on any atom is 0.251 e. The number of rotatable bonds is 7. The van der Waals surface area contributed by atoms with E-state index in [9.17, 15) is 28.9 Å². The number of hydrogen-bond acceptors (Lipinski definition) is 6. The summed E-state index contributed by atoms with van der Waals surface area (Å²) in [6, 6.07) is 2.59. The van der Waals surface area contributed by atoms with E-state index in [4.69, 9.17) is 10.2 Å². The Morgan fingerprint density at radius 2 is 1.59 bits per heavy atom. The van der Waals surface area contributed by atoms with Crippen LogP contribution in [0.25, 0.3) is 0 Å². The Bertz CT molecular complexity index is 495. The Morgan fingerprint density at radius 1 is 1.05 bits per heavy atom. The van der Waals surface area contributed by atoms with Crippen LogP contribution < -0.4 is 5.32 Å². The summed E-state index contributed by atoms with van der Waals surface area (Å²) >= 11 is 0. The van der Waals surface area contributed by atoms with Crippen LogP contribution in [-0.2, 0) is 11.3 Å². The molecule has 22 heavy (non-hydrogen) atoms. The predicted molar refractivity (Wildman–Crippen MR) is 69.3 cm³/mol. The highest BCUT2D eigenvalue weighted by atomic mass is 19.1. The zero-order chi connectivity index (χ0) is 16.9. The normalized spacial score (nSPS) is 16.7. The van der Waals surface area contributed by atoms with Gasteiger partial charge in [0.05, 0.1) is 6.61 Å². The summed E-state index contributed by atoms with van der Waals surface area (Å²) in [6.07, 6.45) is -7.84. The molecule has 0 bridgehead atoms. The molecule has 1 rings (SSSR count). The summed E-state index contributed by atoms with van der Waals surface area (Å²) in [5.74, 6) is -2.81. The molecule has 124 valence electrons. The average Bonchev–Trinajstić information content (AvgIpc) is 2.48. The van der Waals surface area contributed by atoms with E-state index in [1.165, 1.54) is 0 Å². The van der Waals surface area contributed by atoms with Gasteiger partial charge in [0.15, 0.2) is 6.10 Å². The van der Waals surface area contributed by atoms with Crippen molar-refractivity contribution in [2.45, 2.75) is 31.0 Å². The van der Waals surface area contributed by atoms with Crippen LogP contribution in [0, 0.1) is 11.6 Å². The van der Waals surface area contributed by atoms with E-state index in [-0.39, 0.29) is 12.1 Å². The van der Waals surface area contributed by atoms with Gasteiger partial charge in [0, 0.05) is 12.6 Å². The van der Waals surface area contributed by atoms with Crippen molar-refractivity contribution in [1.82, 2.24) is 5.32 Å². The third kappa shape index (κ3) is 4.97. The number of hydrogen-bond donors (Lipinski definition) is 6. The molecule has 1 aromatic carbocycles. The molecule has 0 aliphatic carbocycles. The molecular weight excluding hydrogens is 304 g/mol. The van der Waals surface area contributed by atoms with E-state index in [1.54, 1.807) is 0 Å². The fraction of sp³-hybridized carbons (Fsp3) is 0.462. The first-order valence-corrected chi connectivity index (χ1v) is 6.32. The number of benzene rings is 1. The number of carbonyl (C=O) groups is 1. The molecule has 0 radical (unpaired) electrons. The molecular formula is C13H17F2NO6. The Kier molecular flexibility index (Phi) is 6.78. The zero-order valence-electron chi connectivity index (χ0n) is 11.4. The first-order valence-electron chi connectivity index (χ1n) is 6.32. The summed E-state index contributed by atoms with van der Waals surface area (Å²) in [5.41, 5.74) is 0.0866. The maximum absolute atomic E-state index is 12.9. The number of carbonyl (C=O) groups excluding carboxylic acids is 1. The quantitative estimate of drug-likeness (QED) is 0.345. The minimum absolute atomic E-state index is 0.0866. The van der Waals surface area contributed by atoms with Gasteiger partial charge in [-0.15, -0.1) is 0 Å². The predicted octanol–water partition coefficient (Wildman–Crippen LogP) is -1.98. The second-order valence-electron chi connectivity index (χ2n) is 4.67. The van der Waals surface area contributed by atoms with Crippen LogP contribution in [0.5, 0.6) is 0 Å². The lowest BCUT2D eigenvalue weighted by atomic mass is 10.0. The SMILES string of the molecule is O=C(NCc1cc(F)cc(F)c1)[C@H](O)[C@@H](O)[C@H](O)[C@H](O)CO. The van der Waals surface area contributed by atoms with E-state index in [2.05, 4.69) is 5.32 Å². The molecule has 0 aliphatic heterocycles. The lowest BCUT2D eigenvalue weighted by Gasteiger charge is -2.24. The standard InChI is InChI=1S/C13H17F2NO6/c14-7-1-6(2-8(15)3-7)4-16-13(22)12(21)11(20)10(19)9(18)5-17/h1-3,9-12,17-21H,4-5H2,(H,16,22)/t9-,10-,11+,12-/m1/s1. The van der Waals surface area contributed by atoms with Crippen molar-refractivity contribution < 1.29 is 39.1 Å². The van der Waals surface area contributed by atoms with Crippen LogP contribution in [0.15, 0.2) is 18.2 Å². The fourth-order valence-corrected chi connectivity index (χ4v) is 1.68. The van der Waals surface area contributed by atoms with Gasteiger partial charge >= 0.3 is 0 Å². The highest BCUT2D eigenvalue weighted by molar-refractivity contribution is 5.81. The molecule has 0 heterocycles. The summed E-state index contributed by atoms with van der Waals surface area (Å²) in [4.78, 5) is 11.6. The third-order valence-electron chi connectivity index (χ3n) is 2.91. The molecule has 7 nitrogen and oxygen atoms in total. The van der Waals surface area contributed by atoms with Gasteiger partial charge in [-0.3, -0.25) is 4.79 Å². The van der Waals surface area contributed by atoms with Crippen molar-refractivity contribution in [2.75, 3.05) is 6.61 Å². The smallest absolute Gasteiger partial charge is 0.251 e. The van der Waals surface area contributed by atoms with Gasteiger partial charge in [0.1, 0.15) is 29.9 Å². The largest absolute Gasteiger partial charge is 0.394 e. The Hall–Kier alpha value is -1.65. The molecule has 4 atom stereocenters. The van der Waals surface area contributed by atoms with Crippen LogP contribution >= 0.6 is 0 Å². The van der Waals surface area contributed by atoms with E-state index >= 15 is 0 Å². The number of aliphatic hydroxyl groups is 5. The van der Waals surface area contributed by atoms with E-state index in [1.807, 2.05) is 0 Å². The molecule has 1 aromatic rings. The number of amides is 1. The van der Waals surface area contributed by atoms with Crippen LogP contribution in [-0.4, -0.2) is 62.5 Å². The first kappa shape index (κ1) is 18.4. The lowest BCUT2D eigenvalue weighted by molar-refractivity contribution is -0.149. The van der Waals surface area contributed by atoms with Crippen molar-refractivity contribution in [3.8, 4) is 0 Å². The molecule has 0 aromatic heterocycles. The topological polar surface area (TPSA) is 130 Å². The average molecular weight is 321 g/mol. The Morgan fingerprint density at radius 3 is 2.09 bits per heavy atom. The van der Waals surface area contributed by atoms with Crippen molar-refractivity contribution in [1.29, 1.82) is 0 Å². The maximum atomic E-state index is 12.9. The zero-order valence-corrected chi connectivity index (χ0v) is 11.4. The molecule has 0 spiro atoms. The van der Waals surface area contributed by atoms with Gasteiger partial charge in [-0.1, -0.05) is 0 Å². The number of halogens is 2. The monoisotopic (exact) mass is 321 g/mol. The lowest BCUT2D eigenvalue weighted by Crippen LogP contribution is -2.51. The third-order valence-corrected chi connectivity index (χ3v) is 2.91. The molecule has 1 amide bonds.